The van der Waals surface area contributed by atoms with Crippen LogP contribution in [-0.2, 0) is 0 Å². The van der Waals surface area contributed by atoms with Gasteiger partial charge in [0, 0.05) is 29.9 Å². The number of benzene rings is 2. The Hall–Kier alpha value is -4.14. The number of rotatable bonds is 7. The number of ether oxygens (including phenoxy) is 1. The van der Waals surface area contributed by atoms with E-state index in [2.05, 4.69) is 20.6 Å². The number of likely N-dealkylation sites (tertiary alicyclic amines) is 1. The third-order valence-electron chi connectivity index (χ3n) is 5.61. The number of anilines is 4. The molecule has 9 heteroatoms. The topological polar surface area (TPSA) is 92.5 Å². The number of nitrogens with zero attached hydrogens (tertiary/aromatic N) is 3. The standard InChI is InChI=1S/C26H26FN5O3/c1-16(2)34-20-8-5-18(6-9-20)30-26-28-15-21(27)24(31-26)29-19-7-10-22-17(13-19)14-23(35-22)25(33)32-11-3-4-12-32/h5-10,13-16H,3-4,11-12H2,1-2H3,(H2,28,29,30,31). The first-order chi connectivity index (χ1) is 16.9. The van der Waals surface area contributed by atoms with Gasteiger partial charge in [0.2, 0.25) is 5.95 Å². The largest absolute Gasteiger partial charge is 0.491 e. The van der Waals surface area contributed by atoms with Crippen molar-refractivity contribution >= 4 is 40.0 Å². The summed E-state index contributed by atoms with van der Waals surface area (Å²) in [4.78, 5) is 22.7. The summed E-state index contributed by atoms with van der Waals surface area (Å²) < 4.78 is 25.9. The molecular weight excluding hydrogens is 449 g/mol. The number of hydrogen-bond donors (Lipinski definition) is 2. The van der Waals surface area contributed by atoms with Gasteiger partial charge in [0.15, 0.2) is 17.4 Å². The highest BCUT2D eigenvalue weighted by Crippen LogP contribution is 2.27. The van der Waals surface area contributed by atoms with Crippen molar-refractivity contribution in [1.82, 2.24) is 14.9 Å². The second-order valence-corrected chi connectivity index (χ2v) is 8.69. The van der Waals surface area contributed by atoms with Crippen LogP contribution in [-0.4, -0.2) is 40.0 Å². The third kappa shape index (κ3) is 5.18. The molecule has 1 aliphatic heterocycles. The number of furan rings is 1. The Kier molecular flexibility index (Phi) is 6.22. The quantitative estimate of drug-likeness (QED) is 0.345. The first kappa shape index (κ1) is 22.6. The number of halogens is 1. The van der Waals surface area contributed by atoms with Gasteiger partial charge in [-0.05, 0) is 75.2 Å². The van der Waals surface area contributed by atoms with Crippen molar-refractivity contribution in [3.63, 3.8) is 0 Å². The van der Waals surface area contributed by atoms with Crippen LogP contribution in [0.5, 0.6) is 5.75 Å². The molecule has 0 bridgehead atoms. The SMILES string of the molecule is CC(C)Oc1ccc(Nc2ncc(F)c(Nc3ccc4oc(C(=O)N5CCCC5)cc4c3)n2)cc1. The average molecular weight is 476 g/mol. The van der Waals surface area contributed by atoms with Crippen molar-refractivity contribution in [2.24, 2.45) is 0 Å². The monoisotopic (exact) mass is 475 g/mol. The summed E-state index contributed by atoms with van der Waals surface area (Å²) in [5, 5.41) is 6.80. The zero-order valence-electron chi connectivity index (χ0n) is 19.5. The predicted molar refractivity (Wildman–Crippen MR) is 132 cm³/mol. The van der Waals surface area contributed by atoms with Gasteiger partial charge in [-0.1, -0.05) is 0 Å². The van der Waals surface area contributed by atoms with Gasteiger partial charge in [-0.3, -0.25) is 4.79 Å². The van der Waals surface area contributed by atoms with Gasteiger partial charge >= 0.3 is 0 Å². The minimum atomic E-state index is -0.589. The van der Waals surface area contributed by atoms with Crippen LogP contribution in [0.3, 0.4) is 0 Å². The molecule has 2 aromatic carbocycles. The van der Waals surface area contributed by atoms with Crippen molar-refractivity contribution < 1.29 is 18.3 Å². The summed E-state index contributed by atoms with van der Waals surface area (Å²) in [7, 11) is 0. The number of carbonyl (C=O) groups excluding carboxylic acids is 1. The number of carbonyl (C=O) groups is 1. The van der Waals surface area contributed by atoms with E-state index in [-0.39, 0.29) is 23.8 Å². The summed E-state index contributed by atoms with van der Waals surface area (Å²) in [6.07, 6.45) is 3.22. The Morgan fingerprint density at radius 2 is 1.80 bits per heavy atom. The molecule has 3 heterocycles. The van der Waals surface area contributed by atoms with Crippen LogP contribution >= 0.6 is 0 Å². The molecule has 1 saturated heterocycles. The molecule has 1 amide bonds. The van der Waals surface area contributed by atoms with Gasteiger partial charge < -0.3 is 24.7 Å². The molecule has 5 rings (SSSR count). The molecule has 0 atom stereocenters. The molecule has 2 N–H and O–H groups in total. The van der Waals surface area contributed by atoms with Crippen molar-refractivity contribution in [2.75, 3.05) is 23.7 Å². The molecule has 0 unspecified atom stereocenters. The maximum atomic E-state index is 14.5. The molecule has 8 nitrogen and oxygen atoms in total. The minimum Gasteiger partial charge on any atom is -0.491 e. The maximum absolute atomic E-state index is 14.5. The zero-order valence-corrected chi connectivity index (χ0v) is 19.5. The van der Waals surface area contributed by atoms with Crippen molar-refractivity contribution in [3.05, 3.63) is 66.3 Å². The third-order valence-corrected chi connectivity index (χ3v) is 5.61. The van der Waals surface area contributed by atoms with Gasteiger partial charge in [-0.25, -0.2) is 9.37 Å². The number of hydrogen-bond acceptors (Lipinski definition) is 7. The minimum absolute atomic E-state index is 0.0264. The van der Waals surface area contributed by atoms with Crippen LogP contribution in [0.4, 0.5) is 27.5 Å². The van der Waals surface area contributed by atoms with Gasteiger partial charge in [-0.15, -0.1) is 0 Å². The molecule has 0 radical (unpaired) electrons. The Labute approximate surface area is 202 Å². The van der Waals surface area contributed by atoms with E-state index >= 15 is 0 Å². The zero-order chi connectivity index (χ0) is 24.4. The van der Waals surface area contributed by atoms with Gasteiger partial charge in [0.25, 0.3) is 5.91 Å². The molecule has 1 aliphatic rings. The van der Waals surface area contributed by atoms with Crippen LogP contribution in [0.2, 0.25) is 0 Å². The summed E-state index contributed by atoms with van der Waals surface area (Å²) >= 11 is 0. The van der Waals surface area contributed by atoms with Gasteiger partial charge in [0.05, 0.1) is 12.3 Å². The Balaban J connectivity index is 1.31. The highest BCUT2D eigenvalue weighted by molar-refractivity contribution is 5.97. The highest BCUT2D eigenvalue weighted by Gasteiger charge is 2.22. The van der Waals surface area contributed by atoms with E-state index in [1.807, 2.05) is 38.1 Å². The molecule has 1 fully saturated rings. The highest BCUT2D eigenvalue weighted by atomic mass is 19.1. The number of aromatic nitrogens is 2. The van der Waals surface area contributed by atoms with Gasteiger partial charge in [-0.2, -0.15) is 4.98 Å². The van der Waals surface area contributed by atoms with E-state index in [1.54, 1.807) is 29.2 Å². The fourth-order valence-corrected chi connectivity index (χ4v) is 3.97. The molecular formula is C26H26FN5O3. The Morgan fingerprint density at radius 1 is 1.06 bits per heavy atom. The van der Waals surface area contributed by atoms with Crippen LogP contribution in [0.25, 0.3) is 11.0 Å². The van der Waals surface area contributed by atoms with Crippen molar-refractivity contribution in [1.29, 1.82) is 0 Å². The predicted octanol–water partition coefficient (Wildman–Crippen LogP) is 5.87. The van der Waals surface area contributed by atoms with Gasteiger partial charge in [0.1, 0.15) is 11.3 Å². The molecule has 0 aliphatic carbocycles. The summed E-state index contributed by atoms with van der Waals surface area (Å²) in [5.41, 5.74) is 1.94. The molecule has 0 spiro atoms. The molecule has 180 valence electrons. The molecule has 4 aromatic rings. The van der Waals surface area contributed by atoms with E-state index < -0.39 is 5.82 Å². The van der Waals surface area contributed by atoms with Crippen molar-refractivity contribution in [3.8, 4) is 5.75 Å². The van der Waals surface area contributed by atoms with Crippen LogP contribution in [0, 0.1) is 5.82 Å². The van der Waals surface area contributed by atoms with Crippen LogP contribution in [0.1, 0.15) is 37.2 Å². The average Bonchev–Trinajstić information content (AvgIpc) is 3.52. The number of amides is 1. The normalized spacial score (nSPS) is 13.4. The molecule has 2 aromatic heterocycles. The first-order valence-corrected chi connectivity index (χ1v) is 11.6. The van der Waals surface area contributed by atoms with E-state index in [4.69, 9.17) is 9.15 Å². The fourth-order valence-electron chi connectivity index (χ4n) is 3.97. The summed E-state index contributed by atoms with van der Waals surface area (Å²) in [6.45, 7) is 5.43. The second-order valence-electron chi connectivity index (χ2n) is 8.69. The number of nitrogens with one attached hydrogen (secondary N) is 2. The van der Waals surface area contributed by atoms with E-state index in [9.17, 15) is 9.18 Å². The lowest BCUT2D eigenvalue weighted by Crippen LogP contribution is -2.27. The Morgan fingerprint density at radius 3 is 2.54 bits per heavy atom. The molecule has 35 heavy (non-hydrogen) atoms. The maximum Gasteiger partial charge on any atom is 0.289 e. The summed E-state index contributed by atoms with van der Waals surface area (Å²) in [5.74, 6) is 0.646. The fraction of sp³-hybridized carbons (Fsp3) is 0.269. The van der Waals surface area contributed by atoms with E-state index in [1.165, 1.54) is 0 Å². The van der Waals surface area contributed by atoms with Crippen LogP contribution < -0.4 is 15.4 Å². The number of fused-ring (bicyclic) bond motifs is 1. The molecule has 0 saturated carbocycles. The summed E-state index contributed by atoms with van der Waals surface area (Å²) in [6, 6.07) is 14.4. The van der Waals surface area contributed by atoms with Crippen molar-refractivity contribution in [2.45, 2.75) is 32.8 Å². The second kappa shape index (κ2) is 9.61. The smallest absolute Gasteiger partial charge is 0.289 e. The lowest BCUT2D eigenvalue weighted by Gasteiger charge is -2.12. The first-order valence-electron chi connectivity index (χ1n) is 11.6. The Bertz CT molecular complexity index is 1350. The van der Waals surface area contributed by atoms with E-state index in [0.717, 1.165) is 49.0 Å². The van der Waals surface area contributed by atoms with Crippen LogP contribution in [0.15, 0.2) is 59.1 Å². The lowest BCUT2D eigenvalue weighted by molar-refractivity contribution is 0.0763. The lowest BCUT2D eigenvalue weighted by atomic mass is 10.2. The van der Waals surface area contributed by atoms with E-state index in [0.29, 0.717) is 17.0 Å².